The Hall–Kier alpha value is -2.20. The minimum absolute atomic E-state index is 0.768. The van der Waals surface area contributed by atoms with E-state index >= 15 is 0 Å². The molecule has 0 aliphatic rings. The van der Waals surface area contributed by atoms with E-state index in [1.165, 1.54) is 0 Å². The maximum Gasteiger partial charge on any atom is 0.124 e. The third-order valence-corrected chi connectivity index (χ3v) is 3.53. The van der Waals surface area contributed by atoms with Gasteiger partial charge in [0.15, 0.2) is 0 Å². The molecule has 3 aromatic rings. The molecular formula is C14H11N3S. The molecule has 3 rings (SSSR count). The summed E-state index contributed by atoms with van der Waals surface area (Å²) < 4.78 is 0. The molecule has 0 aliphatic carbocycles. The van der Waals surface area contributed by atoms with Gasteiger partial charge in [-0.1, -0.05) is 0 Å². The second kappa shape index (κ2) is 4.58. The van der Waals surface area contributed by atoms with Crippen LogP contribution in [0.3, 0.4) is 0 Å². The Kier molecular flexibility index (Phi) is 2.78. The van der Waals surface area contributed by atoms with Crippen molar-refractivity contribution in [2.45, 2.75) is 0 Å². The van der Waals surface area contributed by atoms with Crippen LogP contribution in [0, 0.1) is 0 Å². The molecule has 1 aromatic carbocycles. The largest absolute Gasteiger partial charge is 0.399 e. The number of pyridine rings is 1. The van der Waals surface area contributed by atoms with E-state index < -0.39 is 0 Å². The molecule has 0 amide bonds. The SMILES string of the molecule is Nc1ccc(-c2nc(-c3ccncc3)cs2)cc1. The third-order valence-electron chi connectivity index (χ3n) is 2.64. The number of aromatic nitrogens is 2. The Morgan fingerprint density at radius 2 is 1.61 bits per heavy atom. The fraction of sp³-hybridized carbons (Fsp3) is 0. The summed E-state index contributed by atoms with van der Waals surface area (Å²) in [6, 6.07) is 11.7. The molecule has 0 fully saturated rings. The van der Waals surface area contributed by atoms with E-state index in [-0.39, 0.29) is 0 Å². The fourth-order valence-corrected chi connectivity index (χ4v) is 2.52. The van der Waals surface area contributed by atoms with E-state index in [1.807, 2.05) is 36.4 Å². The summed E-state index contributed by atoms with van der Waals surface area (Å²) in [7, 11) is 0. The summed E-state index contributed by atoms with van der Waals surface area (Å²) >= 11 is 1.63. The summed E-state index contributed by atoms with van der Waals surface area (Å²) in [5.41, 5.74) is 9.60. The van der Waals surface area contributed by atoms with Gasteiger partial charge < -0.3 is 5.73 Å². The molecule has 0 aliphatic heterocycles. The van der Waals surface area contributed by atoms with E-state index in [4.69, 9.17) is 5.73 Å². The molecule has 2 heterocycles. The molecule has 0 atom stereocenters. The molecule has 0 bridgehead atoms. The van der Waals surface area contributed by atoms with Gasteiger partial charge in [0.1, 0.15) is 5.01 Å². The molecular weight excluding hydrogens is 242 g/mol. The predicted molar refractivity (Wildman–Crippen MR) is 75.2 cm³/mol. The monoisotopic (exact) mass is 253 g/mol. The summed E-state index contributed by atoms with van der Waals surface area (Å²) in [4.78, 5) is 8.64. The van der Waals surface area contributed by atoms with Crippen LogP contribution in [0.15, 0.2) is 54.2 Å². The molecule has 2 aromatic heterocycles. The van der Waals surface area contributed by atoms with Crippen LogP contribution in [0.4, 0.5) is 5.69 Å². The van der Waals surface area contributed by atoms with Crippen molar-refractivity contribution in [2.24, 2.45) is 0 Å². The fourth-order valence-electron chi connectivity index (χ4n) is 1.69. The first kappa shape index (κ1) is 10.9. The number of nitrogens with two attached hydrogens (primary N) is 1. The zero-order chi connectivity index (χ0) is 12.4. The number of rotatable bonds is 2. The van der Waals surface area contributed by atoms with Crippen LogP contribution in [-0.2, 0) is 0 Å². The average Bonchev–Trinajstić information content (AvgIpc) is 2.90. The number of anilines is 1. The van der Waals surface area contributed by atoms with Crippen LogP contribution < -0.4 is 5.73 Å². The highest BCUT2D eigenvalue weighted by Crippen LogP contribution is 2.28. The van der Waals surface area contributed by atoms with E-state index in [0.29, 0.717) is 0 Å². The number of nitrogen functional groups attached to an aromatic ring is 1. The van der Waals surface area contributed by atoms with Crippen molar-refractivity contribution in [2.75, 3.05) is 5.73 Å². The second-order valence-electron chi connectivity index (χ2n) is 3.90. The molecule has 2 N–H and O–H groups in total. The minimum atomic E-state index is 0.768. The van der Waals surface area contributed by atoms with Crippen molar-refractivity contribution in [3.63, 3.8) is 0 Å². The van der Waals surface area contributed by atoms with Gasteiger partial charge in [0.25, 0.3) is 0 Å². The minimum Gasteiger partial charge on any atom is -0.399 e. The number of benzene rings is 1. The molecule has 3 nitrogen and oxygen atoms in total. The molecule has 0 saturated carbocycles. The first-order chi connectivity index (χ1) is 8.83. The van der Waals surface area contributed by atoms with Crippen molar-refractivity contribution in [1.82, 2.24) is 9.97 Å². The van der Waals surface area contributed by atoms with E-state index in [0.717, 1.165) is 27.5 Å². The third kappa shape index (κ3) is 2.10. The van der Waals surface area contributed by atoms with Gasteiger partial charge >= 0.3 is 0 Å². The van der Waals surface area contributed by atoms with E-state index in [2.05, 4.69) is 15.3 Å². The lowest BCUT2D eigenvalue weighted by atomic mass is 10.2. The van der Waals surface area contributed by atoms with Crippen LogP contribution in [0.1, 0.15) is 0 Å². The Morgan fingerprint density at radius 3 is 2.33 bits per heavy atom. The van der Waals surface area contributed by atoms with Crippen LogP contribution >= 0.6 is 11.3 Å². The lowest BCUT2D eigenvalue weighted by Gasteiger charge is -1.97. The van der Waals surface area contributed by atoms with Crippen LogP contribution in [-0.4, -0.2) is 9.97 Å². The van der Waals surface area contributed by atoms with Gasteiger partial charge in [-0.25, -0.2) is 4.98 Å². The Labute approximate surface area is 109 Å². The maximum atomic E-state index is 5.68. The average molecular weight is 253 g/mol. The smallest absolute Gasteiger partial charge is 0.124 e. The molecule has 0 radical (unpaired) electrons. The van der Waals surface area contributed by atoms with Gasteiger partial charge in [0, 0.05) is 34.6 Å². The lowest BCUT2D eigenvalue weighted by molar-refractivity contribution is 1.31. The highest BCUT2D eigenvalue weighted by Gasteiger charge is 2.06. The number of thiazole rings is 1. The van der Waals surface area contributed by atoms with Crippen LogP contribution in [0.25, 0.3) is 21.8 Å². The van der Waals surface area contributed by atoms with E-state index in [1.54, 1.807) is 23.7 Å². The van der Waals surface area contributed by atoms with Crippen LogP contribution in [0.2, 0.25) is 0 Å². The Bertz CT molecular complexity index is 644. The Morgan fingerprint density at radius 1 is 0.889 bits per heavy atom. The molecule has 18 heavy (non-hydrogen) atoms. The standard InChI is InChI=1S/C14H11N3S/c15-12-3-1-11(2-4-12)14-17-13(9-18-14)10-5-7-16-8-6-10/h1-9H,15H2. The lowest BCUT2D eigenvalue weighted by Crippen LogP contribution is -1.84. The first-order valence-electron chi connectivity index (χ1n) is 5.55. The number of hydrogen-bond acceptors (Lipinski definition) is 4. The molecule has 88 valence electrons. The summed E-state index contributed by atoms with van der Waals surface area (Å²) in [5, 5.41) is 3.06. The van der Waals surface area contributed by atoms with E-state index in [9.17, 15) is 0 Å². The second-order valence-corrected chi connectivity index (χ2v) is 4.75. The highest BCUT2D eigenvalue weighted by molar-refractivity contribution is 7.13. The normalized spacial score (nSPS) is 10.4. The summed E-state index contributed by atoms with van der Waals surface area (Å²) in [6.45, 7) is 0. The first-order valence-corrected chi connectivity index (χ1v) is 6.43. The zero-order valence-corrected chi connectivity index (χ0v) is 10.4. The van der Waals surface area contributed by atoms with Crippen molar-refractivity contribution in [3.8, 4) is 21.8 Å². The predicted octanol–water partition coefficient (Wildman–Crippen LogP) is 3.45. The van der Waals surface area contributed by atoms with Gasteiger partial charge in [-0.15, -0.1) is 11.3 Å². The van der Waals surface area contributed by atoms with Gasteiger partial charge in [-0.05, 0) is 36.4 Å². The van der Waals surface area contributed by atoms with Crippen molar-refractivity contribution < 1.29 is 0 Å². The molecule has 4 heteroatoms. The van der Waals surface area contributed by atoms with Crippen molar-refractivity contribution in [3.05, 3.63) is 54.2 Å². The van der Waals surface area contributed by atoms with Crippen molar-refractivity contribution in [1.29, 1.82) is 0 Å². The molecule has 0 saturated heterocycles. The maximum absolute atomic E-state index is 5.68. The van der Waals surface area contributed by atoms with Gasteiger partial charge in [-0.3, -0.25) is 4.98 Å². The van der Waals surface area contributed by atoms with Crippen molar-refractivity contribution >= 4 is 17.0 Å². The molecule has 0 spiro atoms. The number of hydrogen-bond donors (Lipinski definition) is 1. The highest BCUT2D eigenvalue weighted by atomic mass is 32.1. The Balaban J connectivity index is 1.97. The summed E-state index contributed by atoms with van der Waals surface area (Å²) in [6.07, 6.45) is 3.55. The topological polar surface area (TPSA) is 51.8 Å². The van der Waals surface area contributed by atoms with Crippen LogP contribution in [0.5, 0.6) is 0 Å². The van der Waals surface area contributed by atoms with Gasteiger partial charge in [-0.2, -0.15) is 0 Å². The number of nitrogens with zero attached hydrogens (tertiary/aromatic N) is 2. The summed E-state index contributed by atoms with van der Waals surface area (Å²) in [5.74, 6) is 0. The zero-order valence-electron chi connectivity index (χ0n) is 9.58. The van der Waals surface area contributed by atoms with Gasteiger partial charge in [0.05, 0.1) is 5.69 Å². The quantitative estimate of drug-likeness (QED) is 0.712. The van der Waals surface area contributed by atoms with Gasteiger partial charge in [0.2, 0.25) is 0 Å². The molecule has 0 unspecified atom stereocenters.